The second-order valence-electron chi connectivity index (χ2n) is 6.11. The molecule has 0 aliphatic rings. The largest absolute Gasteiger partial charge is 0.334 e. The quantitative estimate of drug-likeness (QED) is 0.559. The number of hydrogen-bond donors (Lipinski definition) is 0. The lowest BCUT2D eigenvalue weighted by atomic mass is 10.2. The smallest absolute Gasteiger partial charge is 0.258 e. The SMILES string of the molecule is CN(C)CCn1nnc2cc(-c3noc(-c4ccccc4)n3)ccc21. The van der Waals surface area contributed by atoms with Crippen molar-refractivity contribution in [2.75, 3.05) is 20.6 Å². The molecule has 7 heteroatoms. The molecule has 4 rings (SSSR count). The van der Waals surface area contributed by atoms with Crippen molar-refractivity contribution in [3.63, 3.8) is 0 Å². The summed E-state index contributed by atoms with van der Waals surface area (Å²) in [6.07, 6.45) is 0. The van der Waals surface area contributed by atoms with Gasteiger partial charge in [0.05, 0.1) is 12.1 Å². The van der Waals surface area contributed by atoms with Gasteiger partial charge in [0, 0.05) is 17.7 Å². The van der Waals surface area contributed by atoms with Gasteiger partial charge in [0.2, 0.25) is 5.82 Å². The van der Waals surface area contributed by atoms with Crippen LogP contribution >= 0.6 is 0 Å². The first-order valence-electron chi connectivity index (χ1n) is 8.08. The zero-order chi connectivity index (χ0) is 17.2. The van der Waals surface area contributed by atoms with Gasteiger partial charge in [-0.15, -0.1) is 5.10 Å². The predicted molar refractivity (Wildman–Crippen MR) is 94.8 cm³/mol. The van der Waals surface area contributed by atoms with Gasteiger partial charge in [0.15, 0.2) is 0 Å². The molecule has 7 nitrogen and oxygen atoms in total. The van der Waals surface area contributed by atoms with E-state index in [4.69, 9.17) is 4.52 Å². The molecule has 2 aromatic carbocycles. The summed E-state index contributed by atoms with van der Waals surface area (Å²) < 4.78 is 7.29. The highest BCUT2D eigenvalue weighted by Crippen LogP contribution is 2.24. The zero-order valence-electron chi connectivity index (χ0n) is 14.1. The maximum atomic E-state index is 5.38. The number of aromatic nitrogens is 5. The molecule has 0 saturated heterocycles. The van der Waals surface area contributed by atoms with Crippen LogP contribution in [-0.2, 0) is 6.54 Å². The number of fused-ring (bicyclic) bond motifs is 1. The van der Waals surface area contributed by atoms with Gasteiger partial charge in [-0.25, -0.2) is 4.68 Å². The number of rotatable bonds is 5. The lowest BCUT2D eigenvalue weighted by Gasteiger charge is -2.09. The van der Waals surface area contributed by atoms with Gasteiger partial charge in [-0.2, -0.15) is 4.98 Å². The topological polar surface area (TPSA) is 72.9 Å². The van der Waals surface area contributed by atoms with Gasteiger partial charge in [0.1, 0.15) is 5.52 Å². The van der Waals surface area contributed by atoms with E-state index >= 15 is 0 Å². The van der Waals surface area contributed by atoms with Crippen LogP contribution in [0.5, 0.6) is 0 Å². The van der Waals surface area contributed by atoms with Gasteiger partial charge >= 0.3 is 0 Å². The molecule has 0 spiro atoms. The summed E-state index contributed by atoms with van der Waals surface area (Å²) in [7, 11) is 4.08. The molecule has 0 aliphatic heterocycles. The van der Waals surface area contributed by atoms with Crippen LogP contribution in [0.1, 0.15) is 0 Å². The maximum absolute atomic E-state index is 5.38. The van der Waals surface area contributed by atoms with E-state index in [0.29, 0.717) is 11.7 Å². The van der Waals surface area contributed by atoms with E-state index < -0.39 is 0 Å². The Bertz CT molecular complexity index is 989. The minimum absolute atomic E-state index is 0.505. The van der Waals surface area contributed by atoms with Crippen LogP contribution in [0.3, 0.4) is 0 Å². The van der Waals surface area contributed by atoms with Crippen molar-refractivity contribution in [1.29, 1.82) is 0 Å². The fraction of sp³-hybridized carbons (Fsp3) is 0.222. The first kappa shape index (κ1) is 15.5. The molecule has 0 amide bonds. The Kier molecular flexibility index (Phi) is 3.99. The van der Waals surface area contributed by atoms with Crippen molar-refractivity contribution >= 4 is 11.0 Å². The molecule has 0 atom stereocenters. The van der Waals surface area contributed by atoms with Crippen molar-refractivity contribution in [3.8, 4) is 22.8 Å². The van der Waals surface area contributed by atoms with Crippen LogP contribution < -0.4 is 0 Å². The molecule has 0 saturated carbocycles. The Morgan fingerprint density at radius 1 is 1.04 bits per heavy atom. The average molecular weight is 334 g/mol. The highest BCUT2D eigenvalue weighted by molar-refractivity contribution is 5.80. The fourth-order valence-corrected chi connectivity index (χ4v) is 2.61. The van der Waals surface area contributed by atoms with E-state index in [0.717, 1.165) is 35.2 Å². The first-order valence-corrected chi connectivity index (χ1v) is 8.08. The molecule has 126 valence electrons. The van der Waals surface area contributed by atoms with Crippen molar-refractivity contribution in [2.45, 2.75) is 6.54 Å². The minimum Gasteiger partial charge on any atom is -0.334 e. The third-order valence-electron chi connectivity index (χ3n) is 3.98. The van der Waals surface area contributed by atoms with Crippen LogP contribution in [0.2, 0.25) is 0 Å². The normalized spacial score (nSPS) is 11.5. The highest BCUT2D eigenvalue weighted by Gasteiger charge is 2.12. The van der Waals surface area contributed by atoms with Gasteiger partial charge in [-0.3, -0.25) is 0 Å². The van der Waals surface area contributed by atoms with Crippen LogP contribution in [0, 0.1) is 0 Å². The summed E-state index contributed by atoms with van der Waals surface area (Å²) in [5.74, 6) is 1.05. The van der Waals surface area contributed by atoms with Crippen molar-refractivity contribution in [2.24, 2.45) is 0 Å². The molecule has 2 heterocycles. The van der Waals surface area contributed by atoms with Gasteiger partial charge < -0.3 is 9.42 Å². The van der Waals surface area contributed by atoms with Gasteiger partial charge in [0.25, 0.3) is 5.89 Å². The number of benzene rings is 2. The Morgan fingerprint density at radius 2 is 1.88 bits per heavy atom. The monoisotopic (exact) mass is 334 g/mol. The summed E-state index contributed by atoms with van der Waals surface area (Å²) >= 11 is 0. The summed E-state index contributed by atoms with van der Waals surface area (Å²) in [4.78, 5) is 6.60. The average Bonchev–Trinajstić information content (AvgIpc) is 3.27. The van der Waals surface area contributed by atoms with Crippen molar-refractivity contribution in [1.82, 2.24) is 30.0 Å². The summed E-state index contributed by atoms with van der Waals surface area (Å²) in [6.45, 7) is 1.70. The first-order chi connectivity index (χ1) is 12.2. The number of likely N-dealkylation sites (N-methyl/N-ethyl adjacent to an activating group) is 1. The molecule has 4 aromatic rings. The van der Waals surface area contributed by atoms with Gasteiger partial charge in [-0.1, -0.05) is 28.6 Å². The Balaban J connectivity index is 1.63. The van der Waals surface area contributed by atoms with Crippen LogP contribution in [0.15, 0.2) is 53.1 Å². The fourth-order valence-electron chi connectivity index (χ4n) is 2.61. The van der Waals surface area contributed by atoms with E-state index in [-0.39, 0.29) is 0 Å². The molecule has 25 heavy (non-hydrogen) atoms. The van der Waals surface area contributed by atoms with Crippen LogP contribution in [-0.4, -0.2) is 50.7 Å². The van der Waals surface area contributed by atoms with E-state index in [2.05, 4.69) is 25.4 Å². The summed E-state index contributed by atoms with van der Waals surface area (Å²) in [6, 6.07) is 15.6. The molecule has 0 unspecified atom stereocenters. The van der Waals surface area contributed by atoms with E-state index in [1.54, 1.807) is 0 Å². The molecule has 2 aromatic heterocycles. The molecule has 0 N–H and O–H groups in total. The van der Waals surface area contributed by atoms with Gasteiger partial charge in [-0.05, 0) is 44.4 Å². The Hall–Kier alpha value is -3.06. The van der Waals surface area contributed by atoms with Crippen LogP contribution in [0.4, 0.5) is 0 Å². The zero-order valence-corrected chi connectivity index (χ0v) is 14.1. The Morgan fingerprint density at radius 3 is 2.68 bits per heavy atom. The molecule has 0 aliphatic carbocycles. The second-order valence-corrected chi connectivity index (χ2v) is 6.11. The predicted octanol–water partition coefficient (Wildman–Crippen LogP) is 2.71. The third kappa shape index (κ3) is 3.14. The highest BCUT2D eigenvalue weighted by atomic mass is 16.5. The van der Waals surface area contributed by atoms with Crippen molar-refractivity contribution < 1.29 is 4.52 Å². The van der Waals surface area contributed by atoms with E-state index in [1.807, 2.05) is 67.3 Å². The molecular formula is C18H18N6O. The van der Waals surface area contributed by atoms with Crippen molar-refractivity contribution in [3.05, 3.63) is 48.5 Å². The lowest BCUT2D eigenvalue weighted by molar-refractivity contribution is 0.374. The summed E-state index contributed by atoms with van der Waals surface area (Å²) in [5.41, 5.74) is 3.58. The second kappa shape index (κ2) is 6.45. The molecule has 0 radical (unpaired) electrons. The number of nitrogens with zero attached hydrogens (tertiary/aromatic N) is 6. The van der Waals surface area contributed by atoms with E-state index in [9.17, 15) is 0 Å². The summed E-state index contributed by atoms with van der Waals surface area (Å²) in [5, 5.41) is 12.6. The lowest BCUT2D eigenvalue weighted by Crippen LogP contribution is -2.18. The molecule has 0 bridgehead atoms. The van der Waals surface area contributed by atoms with E-state index in [1.165, 1.54) is 0 Å². The molecular weight excluding hydrogens is 316 g/mol. The van der Waals surface area contributed by atoms with Crippen LogP contribution in [0.25, 0.3) is 33.9 Å². The molecule has 0 fully saturated rings. The maximum Gasteiger partial charge on any atom is 0.258 e. The Labute approximate surface area is 144 Å². The third-order valence-corrected chi connectivity index (χ3v) is 3.98. The minimum atomic E-state index is 0.505. The standard InChI is InChI=1S/C18H18N6O/c1-23(2)10-11-24-16-9-8-14(12-15(16)20-22-24)17-19-18(25-21-17)13-6-4-3-5-7-13/h3-9,12H,10-11H2,1-2H3. The number of hydrogen-bond acceptors (Lipinski definition) is 6.